The van der Waals surface area contributed by atoms with Crippen LogP contribution in [0, 0.1) is 11.8 Å². The van der Waals surface area contributed by atoms with Gasteiger partial charge in [-0.05, 0) is 24.3 Å². The van der Waals surface area contributed by atoms with E-state index in [1.54, 1.807) is 0 Å². The Kier molecular flexibility index (Phi) is 4.36. The van der Waals surface area contributed by atoms with Crippen molar-refractivity contribution in [3.8, 4) is 0 Å². The van der Waals surface area contributed by atoms with E-state index >= 15 is 0 Å². The summed E-state index contributed by atoms with van der Waals surface area (Å²) < 4.78 is 0. The summed E-state index contributed by atoms with van der Waals surface area (Å²) in [7, 11) is 0. The minimum absolute atomic E-state index is 0.0425. The Morgan fingerprint density at radius 2 is 2.35 bits per heavy atom. The largest absolute Gasteiger partial charge is 0.380 e. The van der Waals surface area contributed by atoms with Crippen molar-refractivity contribution in [2.75, 3.05) is 0 Å². The Morgan fingerprint density at radius 3 is 3.00 bits per heavy atom. The second-order valence-electron chi connectivity index (χ2n) is 6.08. The lowest BCUT2D eigenvalue weighted by atomic mass is 10.1. The first kappa shape index (κ1) is 15.9. The molecule has 1 aliphatic carbocycles. The summed E-state index contributed by atoms with van der Waals surface area (Å²) in [5.41, 5.74) is 6.40. The number of carbonyl (C=O) groups is 2. The Morgan fingerprint density at radius 1 is 1.57 bits per heavy atom. The summed E-state index contributed by atoms with van der Waals surface area (Å²) in [6.45, 7) is 3.92. The molecule has 2 aliphatic rings. The number of hydrogen-bond donors (Lipinski definition) is 3. The minimum atomic E-state index is -0.521. The number of rotatable bonds is 5. The van der Waals surface area contributed by atoms with Crippen LogP contribution in [0.25, 0.3) is 0 Å². The maximum atomic E-state index is 12.1. The van der Waals surface area contributed by atoms with Crippen LogP contribution < -0.4 is 16.4 Å². The molecule has 8 heteroatoms. The third-order valence-corrected chi connectivity index (χ3v) is 5.38. The van der Waals surface area contributed by atoms with Gasteiger partial charge in [0.2, 0.25) is 5.91 Å². The average Bonchev–Trinajstić information content (AvgIpc) is 2.97. The van der Waals surface area contributed by atoms with Crippen LogP contribution in [0.15, 0.2) is 16.6 Å². The third kappa shape index (κ3) is 3.53. The maximum absolute atomic E-state index is 12.1. The molecule has 1 saturated carbocycles. The van der Waals surface area contributed by atoms with E-state index in [1.165, 1.54) is 18.3 Å². The van der Waals surface area contributed by atoms with Gasteiger partial charge >= 0.3 is 5.97 Å². The first-order valence-corrected chi connectivity index (χ1v) is 8.46. The molecule has 2 heterocycles. The summed E-state index contributed by atoms with van der Waals surface area (Å²) in [5, 5.41) is 11.7. The number of amides is 1. The predicted molar refractivity (Wildman–Crippen MR) is 86.6 cm³/mol. The van der Waals surface area contributed by atoms with Crippen LogP contribution >= 0.6 is 11.3 Å². The number of nitrogens with zero attached hydrogens (tertiary/aromatic N) is 1. The molecule has 124 valence electrons. The van der Waals surface area contributed by atoms with Gasteiger partial charge < -0.3 is 21.2 Å². The SMILES string of the molecule is CC(=O)O/N=C(\N)c1csc(CNC(=O)C2CC3C(C)C3N2)c1. The van der Waals surface area contributed by atoms with Gasteiger partial charge in [0.15, 0.2) is 5.84 Å². The molecule has 1 aromatic rings. The molecule has 3 rings (SSSR count). The Hall–Kier alpha value is -1.93. The van der Waals surface area contributed by atoms with Crippen LogP contribution in [-0.2, 0) is 21.0 Å². The fraction of sp³-hybridized carbons (Fsp3) is 0.533. The lowest BCUT2D eigenvalue weighted by Gasteiger charge is -2.14. The molecule has 0 aromatic carbocycles. The van der Waals surface area contributed by atoms with Crippen LogP contribution in [-0.4, -0.2) is 29.8 Å². The van der Waals surface area contributed by atoms with Crippen LogP contribution in [0.3, 0.4) is 0 Å². The lowest BCUT2D eigenvalue weighted by Crippen LogP contribution is -2.42. The molecule has 1 saturated heterocycles. The number of nitrogens with two attached hydrogens (primary N) is 1. The van der Waals surface area contributed by atoms with Gasteiger partial charge in [-0.1, -0.05) is 12.1 Å². The predicted octanol–water partition coefficient (Wildman–Crippen LogP) is 0.544. The standard InChI is InChI=1S/C15H20N4O3S/c1-7-11-4-12(18-13(7)11)15(21)17-5-10-3-9(6-23-10)14(16)19-22-8(2)20/h3,6-7,11-13,18H,4-5H2,1-2H3,(H2,16,19)(H,17,21). The summed E-state index contributed by atoms with van der Waals surface area (Å²) in [4.78, 5) is 28.3. The minimum Gasteiger partial charge on any atom is -0.380 e. The van der Waals surface area contributed by atoms with E-state index in [4.69, 9.17) is 5.73 Å². The van der Waals surface area contributed by atoms with Crippen molar-refractivity contribution in [1.82, 2.24) is 10.6 Å². The number of oxime groups is 1. The fourth-order valence-corrected chi connectivity index (χ4v) is 3.83. The number of hydrogen-bond acceptors (Lipinski definition) is 6. The zero-order valence-electron chi connectivity index (χ0n) is 13.0. The Labute approximate surface area is 138 Å². The highest BCUT2D eigenvalue weighted by Gasteiger charge is 2.54. The van der Waals surface area contributed by atoms with Gasteiger partial charge in [0, 0.05) is 28.8 Å². The second-order valence-corrected chi connectivity index (χ2v) is 7.08. The quantitative estimate of drug-likeness (QED) is 0.315. The summed E-state index contributed by atoms with van der Waals surface area (Å²) in [6, 6.07) is 2.28. The molecular formula is C15H20N4O3S. The smallest absolute Gasteiger partial charge is 0.332 e. The summed E-state index contributed by atoms with van der Waals surface area (Å²) in [6.07, 6.45) is 0.926. The molecule has 4 unspecified atom stereocenters. The van der Waals surface area contributed by atoms with Crippen molar-refractivity contribution in [2.45, 2.75) is 38.9 Å². The van der Waals surface area contributed by atoms with Gasteiger partial charge in [0.25, 0.3) is 0 Å². The van der Waals surface area contributed by atoms with E-state index in [0.29, 0.717) is 30.0 Å². The normalized spacial score (nSPS) is 29.0. The van der Waals surface area contributed by atoms with Gasteiger partial charge in [-0.25, -0.2) is 4.79 Å². The van der Waals surface area contributed by atoms with E-state index < -0.39 is 5.97 Å². The fourth-order valence-electron chi connectivity index (χ4n) is 3.01. The molecule has 0 radical (unpaired) electrons. The van der Waals surface area contributed by atoms with E-state index in [2.05, 4.69) is 27.6 Å². The summed E-state index contributed by atoms with van der Waals surface area (Å²) >= 11 is 1.47. The highest BCUT2D eigenvalue weighted by Crippen LogP contribution is 2.46. The number of thiophene rings is 1. The van der Waals surface area contributed by atoms with E-state index in [1.807, 2.05) is 11.4 Å². The monoisotopic (exact) mass is 336 g/mol. The van der Waals surface area contributed by atoms with Gasteiger partial charge in [-0.15, -0.1) is 11.3 Å². The zero-order chi connectivity index (χ0) is 16.6. The first-order chi connectivity index (χ1) is 11.0. The van der Waals surface area contributed by atoms with Gasteiger partial charge in [0.05, 0.1) is 12.6 Å². The second kappa shape index (κ2) is 6.29. The average molecular weight is 336 g/mol. The number of carbonyl (C=O) groups excluding carboxylic acids is 2. The molecule has 1 aromatic heterocycles. The molecule has 1 amide bonds. The van der Waals surface area contributed by atoms with Crippen LogP contribution in [0.2, 0.25) is 0 Å². The van der Waals surface area contributed by atoms with Crippen LogP contribution in [0.1, 0.15) is 30.7 Å². The van der Waals surface area contributed by atoms with E-state index in [9.17, 15) is 9.59 Å². The van der Waals surface area contributed by atoms with E-state index in [-0.39, 0.29) is 17.8 Å². The highest BCUT2D eigenvalue weighted by atomic mass is 32.1. The van der Waals surface area contributed by atoms with Crippen molar-refractivity contribution in [3.05, 3.63) is 21.9 Å². The van der Waals surface area contributed by atoms with Gasteiger partial charge in [0.1, 0.15) is 0 Å². The van der Waals surface area contributed by atoms with Gasteiger partial charge in [-0.2, -0.15) is 0 Å². The van der Waals surface area contributed by atoms with Crippen LogP contribution in [0.5, 0.6) is 0 Å². The molecule has 0 spiro atoms. The van der Waals surface area contributed by atoms with Crippen molar-refractivity contribution in [3.63, 3.8) is 0 Å². The number of amidine groups is 1. The summed E-state index contributed by atoms with van der Waals surface area (Å²) in [5.74, 6) is 1.03. The molecule has 2 fully saturated rings. The number of nitrogens with one attached hydrogen (secondary N) is 2. The third-order valence-electron chi connectivity index (χ3n) is 4.44. The van der Waals surface area contributed by atoms with E-state index in [0.717, 1.165) is 11.3 Å². The molecule has 4 N–H and O–H groups in total. The molecular weight excluding hydrogens is 316 g/mol. The van der Waals surface area contributed by atoms with Crippen molar-refractivity contribution < 1.29 is 14.4 Å². The van der Waals surface area contributed by atoms with Crippen LogP contribution in [0.4, 0.5) is 0 Å². The molecule has 0 bridgehead atoms. The highest BCUT2D eigenvalue weighted by molar-refractivity contribution is 7.10. The van der Waals surface area contributed by atoms with Gasteiger partial charge in [-0.3, -0.25) is 4.79 Å². The maximum Gasteiger partial charge on any atom is 0.332 e. The molecule has 4 atom stereocenters. The lowest BCUT2D eigenvalue weighted by molar-refractivity contribution is -0.140. The van der Waals surface area contributed by atoms with Crippen molar-refractivity contribution in [1.29, 1.82) is 0 Å². The molecule has 1 aliphatic heterocycles. The molecule has 7 nitrogen and oxygen atoms in total. The first-order valence-electron chi connectivity index (χ1n) is 7.58. The number of fused-ring (bicyclic) bond motifs is 1. The number of piperidine rings is 1. The van der Waals surface area contributed by atoms with Crippen molar-refractivity contribution >= 4 is 29.0 Å². The Balaban J connectivity index is 1.48. The topological polar surface area (TPSA) is 106 Å². The zero-order valence-corrected chi connectivity index (χ0v) is 13.9. The molecule has 23 heavy (non-hydrogen) atoms. The Bertz CT molecular complexity index is 645. The van der Waals surface area contributed by atoms with Crippen molar-refractivity contribution in [2.24, 2.45) is 22.7 Å².